The van der Waals surface area contributed by atoms with E-state index < -0.39 is 18.0 Å². The molecule has 0 heterocycles. The molecule has 0 aliphatic heterocycles. The van der Waals surface area contributed by atoms with Crippen molar-refractivity contribution >= 4 is 23.8 Å². The number of carbonyl (C=O) groups is 4. The highest BCUT2D eigenvalue weighted by molar-refractivity contribution is 5.77. The normalized spacial score (nSPS) is 11.7. The molecule has 0 unspecified atom stereocenters. The van der Waals surface area contributed by atoms with Gasteiger partial charge in [0.05, 0.1) is 0 Å². The maximum Gasteiger partial charge on any atom is 0.322 e. The Hall–Kier alpha value is -2.20. The summed E-state index contributed by atoms with van der Waals surface area (Å²) < 4.78 is 0. The van der Waals surface area contributed by atoms with Gasteiger partial charge in [0.15, 0.2) is 0 Å². The van der Waals surface area contributed by atoms with Gasteiger partial charge in [-0.3, -0.25) is 25.0 Å². The van der Waals surface area contributed by atoms with E-state index in [4.69, 9.17) is 16.1 Å². The van der Waals surface area contributed by atoms with Gasteiger partial charge < -0.3 is 20.8 Å². The Morgan fingerprint density at radius 3 is 1.42 bits per heavy atom. The van der Waals surface area contributed by atoms with Gasteiger partial charge in [0.2, 0.25) is 11.8 Å². The van der Waals surface area contributed by atoms with E-state index >= 15 is 0 Å². The first-order valence-electron chi connectivity index (χ1n) is 13.8. The van der Waals surface area contributed by atoms with Crippen LogP contribution in [-0.2, 0) is 19.2 Å². The summed E-state index contributed by atoms with van der Waals surface area (Å²) >= 11 is 0. The van der Waals surface area contributed by atoms with Gasteiger partial charge in [-0.25, -0.2) is 5.43 Å². The number of unbranched alkanes of at least 4 members (excludes halogenated alkanes) is 12. The van der Waals surface area contributed by atoms with E-state index in [-0.39, 0.29) is 18.2 Å². The summed E-state index contributed by atoms with van der Waals surface area (Å²) in [4.78, 5) is 45.0. The molecule has 2 amide bonds. The minimum Gasteiger partial charge on any atom is -0.481 e. The van der Waals surface area contributed by atoms with E-state index in [9.17, 15) is 19.2 Å². The highest BCUT2D eigenvalue weighted by atomic mass is 16.4. The van der Waals surface area contributed by atoms with Gasteiger partial charge in [-0.05, 0) is 38.5 Å². The Balaban J connectivity index is 3.38. The van der Waals surface area contributed by atoms with Crippen LogP contribution in [-0.4, -0.2) is 53.1 Å². The van der Waals surface area contributed by atoms with Gasteiger partial charge in [-0.15, -0.1) is 0 Å². The SMILES string of the molecule is NN[C@@H](CCCCNC(=O)CCCNC(=O)CCCCCCCCCCCCCCC(=O)O)C(=O)O. The zero-order chi connectivity index (χ0) is 26.9. The van der Waals surface area contributed by atoms with Crippen molar-refractivity contribution in [1.29, 1.82) is 0 Å². The van der Waals surface area contributed by atoms with Crippen molar-refractivity contribution in [2.75, 3.05) is 13.1 Å². The second-order valence-electron chi connectivity index (χ2n) is 9.49. The van der Waals surface area contributed by atoms with Gasteiger partial charge in [0.1, 0.15) is 6.04 Å². The molecule has 0 saturated heterocycles. The molecule has 10 heteroatoms. The maximum atomic E-state index is 11.9. The molecular formula is C26H50N4O6. The van der Waals surface area contributed by atoms with Crippen molar-refractivity contribution in [3.63, 3.8) is 0 Å². The summed E-state index contributed by atoms with van der Waals surface area (Å²) in [6.45, 7) is 0.993. The van der Waals surface area contributed by atoms with Crippen LogP contribution in [0.25, 0.3) is 0 Å². The minimum absolute atomic E-state index is 0.0419. The van der Waals surface area contributed by atoms with Gasteiger partial charge in [-0.1, -0.05) is 64.2 Å². The Kier molecular flexibility index (Phi) is 23.0. The smallest absolute Gasteiger partial charge is 0.322 e. The number of aliphatic carboxylic acids is 2. The van der Waals surface area contributed by atoms with Crippen LogP contribution < -0.4 is 21.9 Å². The molecule has 0 aromatic carbocycles. The molecule has 0 bridgehead atoms. The number of nitrogens with two attached hydrogens (primary N) is 1. The lowest BCUT2D eigenvalue weighted by Crippen LogP contribution is -2.41. The summed E-state index contributed by atoms with van der Waals surface area (Å²) in [5.74, 6) is 3.47. The molecule has 0 aliphatic carbocycles. The number of carboxylic acids is 2. The van der Waals surface area contributed by atoms with Crippen molar-refractivity contribution < 1.29 is 29.4 Å². The third-order valence-electron chi connectivity index (χ3n) is 6.19. The lowest BCUT2D eigenvalue weighted by molar-refractivity contribution is -0.140. The van der Waals surface area contributed by atoms with Crippen LogP contribution in [0.15, 0.2) is 0 Å². The lowest BCUT2D eigenvalue weighted by atomic mass is 10.0. The van der Waals surface area contributed by atoms with Crippen molar-refractivity contribution in [2.45, 2.75) is 128 Å². The number of rotatable bonds is 26. The van der Waals surface area contributed by atoms with E-state index in [1.54, 1.807) is 0 Å². The fourth-order valence-electron chi connectivity index (χ4n) is 3.96. The summed E-state index contributed by atoms with van der Waals surface area (Å²) in [5.41, 5.74) is 2.25. The predicted molar refractivity (Wildman–Crippen MR) is 140 cm³/mol. The number of hydrazine groups is 1. The Morgan fingerprint density at radius 2 is 0.972 bits per heavy atom. The second-order valence-corrected chi connectivity index (χ2v) is 9.49. The number of carboxylic acid groups (broad SMARTS) is 2. The molecule has 210 valence electrons. The van der Waals surface area contributed by atoms with Crippen LogP contribution in [0, 0.1) is 0 Å². The van der Waals surface area contributed by atoms with E-state index in [1.807, 2.05) is 0 Å². The van der Waals surface area contributed by atoms with E-state index in [0.717, 1.165) is 38.5 Å². The van der Waals surface area contributed by atoms with Crippen LogP contribution in [0.3, 0.4) is 0 Å². The molecule has 36 heavy (non-hydrogen) atoms. The summed E-state index contributed by atoms with van der Waals surface area (Å²) in [6, 6.07) is -0.764. The minimum atomic E-state index is -0.981. The molecule has 0 rings (SSSR count). The van der Waals surface area contributed by atoms with Crippen molar-refractivity contribution in [3.05, 3.63) is 0 Å². The zero-order valence-electron chi connectivity index (χ0n) is 22.0. The van der Waals surface area contributed by atoms with Gasteiger partial charge in [0, 0.05) is 32.4 Å². The summed E-state index contributed by atoms with van der Waals surface area (Å²) in [7, 11) is 0. The number of hydrogen-bond donors (Lipinski definition) is 6. The second kappa shape index (κ2) is 24.5. The molecule has 0 radical (unpaired) electrons. The van der Waals surface area contributed by atoms with Crippen LogP contribution in [0.5, 0.6) is 0 Å². The van der Waals surface area contributed by atoms with Crippen LogP contribution in [0.1, 0.15) is 122 Å². The summed E-state index contributed by atoms with van der Waals surface area (Å²) in [5, 5.41) is 23.1. The third-order valence-corrected chi connectivity index (χ3v) is 6.19. The maximum absolute atomic E-state index is 11.9. The molecule has 0 spiro atoms. The lowest BCUT2D eigenvalue weighted by Gasteiger charge is -2.10. The van der Waals surface area contributed by atoms with Crippen molar-refractivity contribution in [3.8, 4) is 0 Å². The quantitative estimate of drug-likeness (QED) is 0.0577. The summed E-state index contributed by atoms with van der Waals surface area (Å²) in [6.07, 6.45) is 16.9. The Labute approximate surface area is 216 Å². The van der Waals surface area contributed by atoms with Crippen molar-refractivity contribution in [2.24, 2.45) is 5.84 Å². The number of hydrogen-bond acceptors (Lipinski definition) is 6. The molecule has 7 N–H and O–H groups in total. The molecule has 0 aromatic rings. The fourth-order valence-corrected chi connectivity index (χ4v) is 3.96. The Bertz CT molecular complexity index is 603. The molecule has 10 nitrogen and oxygen atoms in total. The largest absolute Gasteiger partial charge is 0.481 e. The molecule has 0 saturated carbocycles. The molecule has 0 aromatic heterocycles. The first kappa shape index (κ1) is 33.8. The van der Waals surface area contributed by atoms with Crippen molar-refractivity contribution in [1.82, 2.24) is 16.1 Å². The van der Waals surface area contributed by atoms with Gasteiger partial charge in [-0.2, -0.15) is 0 Å². The highest BCUT2D eigenvalue weighted by Gasteiger charge is 2.14. The topological polar surface area (TPSA) is 171 Å². The van der Waals surface area contributed by atoms with E-state index in [0.29, 0.717) is 51.6 Å². The first-order chi connectivity index (χ1) is 17.4. The first-order valence-corrected chi connectivity index (χ1v) is 13.8. The Morgan fingerprint density at radius 1 is 0.556 bits per heavy atom. The van der Waals surface area contributed by atoms with Gasteiger partial charge in [0.25, 0.3) is 0 Å². The van der Waals surface area contributed by atoms with Crippen LogP contribution >= 0.6 is 0 Å². The molecular weight excluding hydrogens is 464 g/mol. The number of carbonyl (C=O) groups excluding carboxylic acids is 2. The standard InChI is InChI=1S/C26H50N4O6/c27-30-22(26(35)36)16-13-14-20-28-24(32)18-15-21-29-23(31)17-11-9-7-5-3-1-2-4-6-8-10-12-19-25(33)34/h22,30H,1-21,27H2,(H,28,32)(H,29,31)(H,33,34)(H,35,36)/t22-/m0/s1. The van der Waals surface area contributed by atoms with E-state index in [2.05, 4.69) is 16.1 Å². The average Bonchev–Trinajstić information content (AvgIpc) is 2.83. The number of amides is 2. The third kappa shape index (κ3) is 23.5. The van der Waals surface area contributed by atoms with Gasteiger partial charge >= 0.3 is 11.9 Å². The monoisotopic (exact) mass is 514 g/mol. The fraction of sp³-hybridized carbons (Fsp3) is 0.846. The molecule has 0 aliphatic rings. The molecule has 1 atom stereocenters. The van der Waals surface area contributed by atoms with E-state index in [1.165, 1.54) is 38.5 Å². The zero-order valence-corrected chi connectivity index (χ0v) is 22.0. The molecule has 0 fully saturated rings. The average molecular weight is 515 g/mol. The van der Waals surface area contributed by atoms with Crippen LogP contribution in [0.4, 0.5) is 0 Å². The highest BCUT2D eigenvalue weighted by Crippen LogP contribution is 2.13. The number of nitrogens with one attached hydrogen (secondary N) is 3. The van der Waals surface area contributed by atoms with Crippen LogP contribution in [0.2, 0.25) is 0 Å². The predicted octanol–water partition coefficient (Wildman–Crippen LogP) is 3.63.